The molecule has 32 heavy (non-hydrogen) atoms. The number of hydrogen-bond donors (Lipinski definition) is 2. The number of methoxy groups -OCH3 is 1. The highest BCUT2D eigenvalue weighted by atomic mass is 32.2. The third kappa shape index (κ3) is 5.66. The number of carbonyl (C=O) groups is 2. The molecule has 8 heteroatoms. The zero-order valence-electron chi connectivity index (χ0n) is 17.3. The number of anilines is 2. The predicted octanol–water partition coefficient (Wildman–Crippen LogP) is 5.43. The van der Waals surface area contributed by atoms with Gasteiger partial charge in [-0.1, -0.05) is 12.1 Å². The van der Waals surface area contributed by atoms with E-state index >= 15 is 0 Å². The zero-order valence-corrected chi connectivity index (χ0v) is 19.0. The summed E-state index contributed by atoms with van der Waals surface area (Å²) in [5.74, 6) is 1.43. The molecule has 0 bridgehead atoms. The van der Waals surface area contributed by atoms with Crippen LogP contribution < -0.4 is 15.4 Å². The summed E-state index contributed by atoms with van der Waals surface area (Å²) < 4.78 is 6.27. The van der Waals surface area contributed by atoms with E-state index in [1.165, 1.54) is 11.8 Å². The van der Waals surface area contributed by atoms with Crippen molar-refractivity contribution in [2.24, 2.45) is 0 Å². The minimum atomic E-state index is -0.223. The second-order valence-electron chi connectivity index (χ2n) is 6.88. The Morgan fingerprint density at radius 3 is 2.34 bits per heavy atom. The highest BCUT2D eigenvalue weighted by Crippen LogP contribution is 2.25. The first-order valence-corrected chi connectivity index (χ1v) is 11.9. The summed E-state index contributed by atoms with van der Waals surface area (Å²) >= 11 is 3.18. The summed E-state index contributed by atoms with van der Waals surface area (Å²) in [5, 5.41) is 6.70. The highest BCUT2D eigenvalue weighted by Gasteiger charge is 2.09. The van der Waals surface area contributed by atoms with Crippen LogP contribution in [0.4, 0.5) is 11.4 Å². The van der Waals surface area contributed by atoms with Crippen molar-refractivity contribution in [3.63, 3.8) is 0 Å². The Bertz CT molecular complexity index is 1190. The lowest BCUT2D eigenvalue weighted by Gasteiger charge is -2.08. The zero-order chi connectivity index (χ0) is 22.3. The number of aromatic nitrogens is 1. The van der Waals surface area contributed by atoms with Crippen LogP contribution in [-0.4, -0.2) is 29.7 Å². The van der Waals surface area contributed by atoms with Crippen LogP contribution in [0.2, 0.25) is 0 Å². The number of benzene rings is 3. The minimum absolute atomic E-state index is 0.0912. The van der Waals surface area contributed by atoms with Gasteiger partial charge in [-0.25, -0.2) is 4.98 Å². The van der Waals surface area contributed by atoms with E-state index in [4.69, 9.17) is 4.74 Å². The number of nitrogens with one attached hydrogen (secondary N) is 2. The first kappa shape index (κ1) is 21.9. The molecule has 162 valence electrons. The Morgan fingerprint density at radius 1 is 0.938 bits per heavy atom. The van der Waals surface area contributed by atoms with Gasteiger partial charge in [-0.15, -0.1) is 23.1 Å². The molecule has 2 amide bonds. The first-order valence-electron chi connectivity index (χ1n) is 9.88. The van der Waals surface area contributed by atoms with Crippen molar-refractivity contribution >= 4 is 56.5 Å². The van der Waals surface area contributed by atoms with E-state index in [0.29, 0.717) is 28.4 Å². The second-order valence-corrected chi connectivity index (χ2v) is 8.98. The number of fused-ring (bicyclic) bond motifs is 1. The number of nitrogens with zero attached hydrogens (tertiary/aromatic N) is 1. The number of ether oxygens (including phenoxy) is 1. The largest absolute Gasteiger partial charge is 0.497 e. The fourth-order valence-corrected chi connectivity index (χ4v) is 4.84. The van der Waals surface area contributed by atoms with E-state index in [9.17, 15) is 9.59 Å². The van der Waals surface area contributed by atoms with Crippen molar-refractivity contribution < 1.29 is 14.3 Å². The van der Waals surface area contributed by atoms with Gasteiger partial charge in [0, 0.05) is 22.7 Å². The molecule has 0 radical (unpaired) electrons. The third-order valence-corrected chi connectivity index (χ3v) is 6.74. The van der Waals surface area contributed by atoms with Gasteiger partial charge in [-0.05, 0) is 60.7 Å². The molecule has 1 heterocycles. The Hall–Kier alpha value is -3.36. The molecule has 0 saturated heterocycles. The third-order valence-electron chi connectivity index (χ3n) is 4.58. The van der Waals surface area contributed by atoms with Crippen molar-refractivity contribution in [3.05, 3.63) is 83.4 Å². The lowest BCUT2D eigenvalue weighted by atomic mass is 10.2. The molecule has 0 fully saturated rings. The van der Waals surface area contributed by atoms with Gasteiger partial charge in [0.05, 0.1) is 23.1 Å². The van der Waals surface area contributed by atoms with E-state index in [1.54, 1.807) is 67.0 Å². The smallest absolute Gasteiger partial charge is 0.255 e. The Balaban J connectivity index is 1.25. The van der Waals surface area contributed by atoms with Gasteiger partial charge in [0.15, 0.2) is 0 Å². The Kier molecular flexibility index (Phi) is 7.03. The normalized spacial score (nSPS) is 10.7. The van der Waals surface area contributed by atoms with Gasteiger partial charge in [0.1, 0.15) is 10.8 Å². The predicted molar refractivity (Wildman–Crippen MR) is 132 cm³/mol. The molecule has 0 spiro atoms. The van der Waals surface area contributed by atoms with Gasteiger partial charge < -0.3 is 15.4 Å². The number of thiazole rings is 1. The number of carbonyl (C=O) groups excluding carboxylic acids is 2. The summed E-state index contributed by atoms with van der Waals surface area (Å²) in [7, 11) is 1.59. The van der Waals surface area contributed by atoms with Crippen LogP contribution in [0.15, 0.2) is 72.8 Å². The van der Waals surface area contributed by atoms with Gasteiger partial charge in [-0.2, -0.15) is 0 Å². The maximum Gasteiger partial charge on any atom is 0.255 e. The van der Waals surface area contributed by atoms with E-state index < -0.39 is 0 Å². The quantitative estimate of drug-likeness (QED) is 0.364. The summed E-state index contributed by atoms with van der Waals surface area (Å²) in [6, 6.07) is 21.9. The molecule has 2 N–H and O–H groups in total. The van der Waals surface area contributed by atoms with Gasteiger partial charge in [0.25, 0.3) is 5.91 Å². The van der Waals surface area contributed by atoms with Crippen molar-refractivity contribution in [1.29, 1.82) is 0 Å². The van der Waals surface area contributed by atoms with Crippen molar-refractivity contribution in [1.82, 2.24) is 4.98 Å². The number of thioether (sulfide) groups is 1. The second kappa shape index (κ2) is 10.3. The molecule has 0 aliphatic carbocycles. The molecule has 3 aromatic carbocycles. The average Bonchev–Trinajstić information content (AvgIpc) is 3.23. The van der Waals surface area contributed by atoms with E-state index in [1.807, 2.05) is 18.2 Å². The molecule has 6 nitrogen and oxygen atoms in total. The molecular formula is C24H21N3O3S2. The van der Waals surface area contributed by atoms with Gasteiger partial charge >= 0.3 is 0 Å². The van der Waals surface area contributed by atoms with E-state index in [-0.39, 0.29) is 11.8 Å². The number of hydrogen-bond acceptors (Lipinski definition) is 6. The first-order chi connectivity index (χ1) is 15.6. The fraction of sp³-hybridized carbons (Fsp3) is 0.125. The number of rotatable bonds is 8. The molecule has 0 aliphatic heterocycles. The molecule has 0 unspecified atom stereocenters. The van der Waals surface area contributed by atoms with Crippen molar-refractivity contribution in [2.75, 3.05) is 23.5 Å². The average molecular weight is 464 g/mol. The highest BCUT2D eigenvalue weighted by molar-refractivity contribution is 7.99. The number of para-hydroxylation sites is 1. The minimum Gasteiger partial charge on any atom is -0.497 e. The van der Waals surface area contributed by atoms with Gasteiger partial charge in [-0.3, -0.25) is 9.59 Å². The lowest BCUT2D eigenvalue weighted by molar-refractivity contribution is -0.113. The molecule has 0 aliphatic rings. The van der Waals surface area contributed by atoms with Crippen molar-refractivity contribution in [3.8, 4) is 5.75 Å². The molecule has 0 saturated carbocycles. The van der Waals surface area contributed by atoms with Crippen LogP contribution in [-0.2, 0) is 10.5 Å². The fourth-order valence-electron chi connectivity index (χ4n) is 2.99. The van der Waals surface area contributed by atoms with Crippen LogP contribution in [0.5, 0.6) is 5.75 Å². The van der Waals surface area contributed by atoms with Crippen LogP contribution in [0.3, 0.4) is 0 Å². The van der Waals surface area contributed by atoms with Crippen LogP contribution >= 0.6 is 23.1 Å². The summed E-state index contributed by atoms with van der Waals surface area (Å²) in [5.41, 5.74) is 2.83. The number of amides is 2. The standard InChI is InChI=1S/C24H21N3O3S2/c1-30-19-12-10-18(11-13-19)26-24(29)16-6-8-17(9-7-16)25-22(28)14-31-15-23-27-20-4-2-3-5-21(20)32-23/h2-13H,14-15H2,1H3,(H,25,28)(H,26,29). The molecule has 0 atom stereocenters. The maximum atomic E-state index is 12.4. The topological polar surface area (TPSA) is 80.3 Å². The summed E-state index contributed by atoms with van der Waals surface area (Å²) in [6.07, 6.45) is 0. The van der Waals surface area contributed by atoms with Crippen LogP contribution in [0, 0.1) is 0 Å². The van der Waals surface area contributed by atoms with Crippen LogP contribution in [0.1, 0.15) is 15.4 Å². The molecular weight excluding hydrogens is 442 g/mol. The van der Waals surface area contributed by atoms with Gasteiger partial charge in [0.2, 0.25) is 5.91 Å². The monoisotopic (exact) mass is 463 g/mol. The Labute approximate surface area is 194 Å². The molecule has 1 aromatic heterocycles. The molecule has 4 aromatic rings. The van der Waals surface area contributed by atoms with E-state index in [2.05, 4.69) is 21.7 Å². The lowest BCUT2D eigenvalue weighted by Crippen LogP contribution is -2.15. The summed E-state index contributed by atoms with van der Waals surface area (Å²) in [6.45, 7) is 0. The van der Waals surface area contributed by atoms with Crippen molar-refractivity contribution in [2.45, 2.75) is 5.75 Å². The van der Waals surface area contributed by atoms with E-state index in [0.717, 1.165) is 21.0 Å². The van der Waals surface area contributed by atoms with Crippen LogP contribution in [0.25, 0.3) is 10.2 Å². The SMILES string of the molecule is COc1ccc(NC(=O)c2ccc(NC(=O)CSCc3nc4ccccc4s3)cc2)cc1. The molecule has 4 rings (SSSR count). The summed E-state index contributed by atoms with van der Waals surface area (Å²) in [4.78, 5) is 29.2. The Morgan fingerprint density at radius 2 is 1.62 bits per heavy atom. The maximum absolute atomic E-state index is 12.4.